The van der Waals surface area contributed by atoms with E-state index in [1.165, 1.54) is 30.2 Å². The molecule has 1 atom stereocenters. The number of amides is 1. The van der Waals surface area contributed by atoms with Crippen LogP contribution in [0.15, 0.2) is 34.5 Å². The van der Waals surface area contributed by atoms with E-state index in [-0.39, 0.29) is 11.2 Å². The smallest absolute Gasteiger partial charge is 0.239 e. The van der Waals surface area contributed by atoms with Crippen LogP contribution in [0.5, 0.6) is 0 Å². The van der Waals surface area contributed by atoms with Crippen molar-refractivity contribution < 1.29 is 4.79 Å². The molecule has 1 fully saturated rings. The SMILES string of the molecule is CCCCC[C@H]1SC(=N/N=C\c2ccc(C(C)C)cc2)NC1=O. The van der Waals surface area contributed by atoms with E-state index in [9.17, 15) is 4.79 Å². The first-order chi connectivity index (χ1) is 11.1. The maximum atomic E-state index is 11.8. The van der Waals surface area contributed by atoms with Crippen LogP contribution in [0, 0.1) is 0 Å². The second kappa shape index (κ2) is 8.87. The summed E-state index contributed by atoms with van der Waals surface area (Å²) in [5, 5.41) is 11.6. The Morgan fingerprint density at radius 2 is 2.00 bits per heavy atom. The second-order valence-electron chi connectivity index (χ2n) is 6.06. The van der Waals surface area contributed by atoms with Gasteiger partial charge in [0.2, 0.25) is 5.91 Å². The van der Waals surface area contributed by atoms with E-state index >= 15 is 0 Å². The van der Waals surface area contributed by atoms with Crippen LogP contribution in [0.25, 0.3) is 0 Å². The number of thioether (sulfide) groups is 1. The van der Waals surface area contributed by atoms with Gasteiger partial charge in [-0.15, -0.1) is 5.10 Å². The molecule has 1 amide bonds. The van der Waals surface area contributed by atoms with Crippen LogP contribution in [0.3, 0.4) is 0 Å². The Kier molecular flexibility index (Phi) is 6.84. The number of nitrogens with zero attached hydrogens (tertiary/aromatic N) is 2. The Labute approximate surface area is 142 Å². The topological polar surface area (TPSA) is 53.8 Å². The largest absolute Gasteiger partial charge is 0.303 e. The van der Waals surface area contributed by atoms with Gasteiger partial charge in [0.1, 0.15) is 0 Å². The van der Waals surface area contributed by atoms with Crippen molar-refractivity contribution >= 4 is 29.1 Å². The molecule has 0 spiro atoms. The lowest BCUT2D eigenvalue weighted by Gasteiger charge is -2.04. The number of benzene rings is 1. The number of unbranched alkanes of at least 4 members (excludes halogenated alkanes) is 2. The molecule has 1 N–H and O–H groups in total. The highest BCUT2D eigenvalue weighted by atomic mass is 32.2. The lowest BCUT2D eigenvalue weighted by molar-refractivity contribution is -0.118. The first kappa shape index (κ1) is 17.7. The van der Waals surface area contributed by atoms with Crippen LogP contribution in [-0.2, 0) is 4.79 Å². The fourth-order valence-corrected chi connectivity index (χ4v) is 3.31. The molecular formula is C18H25N3OS. The lowest BCUT2D eigenvalue weighted by atomic mass is 10.0. The first-order valence-electron chi connectivity index (χ1n) is 8.28. The standard InChI is InChI=1S/C18H25N3OS/c1-4-5-6-7-16-17(22)20-18(23-16)21-19-12-14-8-10-15(11-9-14)13(2)3/h8-13,16H,4-7H2,1-3H3,(H,20,21,22)/b19-12-/t16-/m1/s1. The van der Waals surface area contributed by atoms with Gasteiger partial charge in [0.25, 0.3) is 0 Å². The Balaban J connectivity index is 1.88. The van der Waals surface area contributed by atoms with Gasteiger partial charge in [0.05, 0.1) is 11.5 Å². The predicted molar refractivity (Wildman–Crippen MR) is 99.2 cm³/mol. The zero-order valence-corrected chi connectivity index (χ0v) is 14.9. The van der Waals surface area contributed by atoms with Gasteiger partial charge in [0, 0.05) is 0 Å². The van der Waals surface area contributed by atoms with Gasteiger partial charge in [-0.2, -0.15) is 5.10 Å². The number of hydrogen-bond acceptors (Lipinski definition) is 4. The molecular weight excluding hydrogens is 306 g/mol. The highest BCUT2D eigenvalue weighted by Crippen LogP contribution is 2.24. The van der Waals surface area contributed by atoms with Gasteiger partial charge in [-0.1, -0.05) is 76.1 Å². The molecule has 1 saturated heterocycles. The Hall–Kier alpha value is -1.62. The highest BCUT2D eigenvalue weighted by molar-refractivity contribution is 8.15. The Morgan fingerprint density at radius 3 is 2.65 bits per heavy atom. The van der Waals surface area contributed by atoms with Gasteiger partial charge < -0.3 is 5.32 Å². The molecule has 0 aromatic heterocycles. The molecule has 124 valence electrons. The molecule has 5 heteroatoms. The van der Waals surface area contributed by atoms with Gasteiger partial charge >= 0.3 is 0 Å². The minimum atomic E-state index is -0.0131. The van der Waals surface area contributed by atoms with Gasteiger partial charge in [0.15, 0.2) is 5.17 Å². The normalized spacial score (nSPS) is 19.9. The summed E-state index contributed by atoms with van der Waals surface area (Å²) in [4.78, 5) is 11.8. The van der Waals surface area contributed by atoms with Crippen molar-refractivity contribution in [1.82, 2.24) is 5.32 Å². The molecule has 1 aliphatic rings. The van der Waals surface area contributed by atoms with Crippen LogP contribution in [0.1, 0.15) is 63.5 Å². The third-order valence-electron chi connectivity index (χ3n) is 3.80. The quantitative estimate of drug-likeness (QED) is 0.460. The summed E-state index contributed by atoms with van der Waals surface area (Å²) < 4.78 is 0. The number of amidine groups is 1. The third-order valence-corrected chi connectivity index (χ3v) is 4.95. The second-order valence-corrected chi connectivity index (χ2v) is 7.25. The van der Waals surface area contributed by atoms with E-state index in [4.69, 9.17) is 0 Å². The molecule has 0 bridgehead atoms. The number of carbonyl (C=O) groups excluding carboxylic acids is 1. The summed E-state index contributed by atoms with van der Waals surface area (Å²) in [5.41, 5.74) is 2.31. The van der Waals surface area contributed by atoms with Gasteiger partial charge in [-0.3, -0.25) is 4.79 Å². The zero-order chi connectivity index (χ0) is 16.7. The van der Waals surface area contributed by atoms with Crippen molar-refractivity contribution in [2.75, 3.05) is 0 Å². The van der Waals surface area contributed by atoms with Crippen molar-refractivity contribution in [2.24, 2.45) is 10.2 Å². The average Bonchev–Trinajstić information content (AvgIpc) is 2.88. The van der Waals surface area contributed by atoms with E-state index in [0.717, 1.165) is 18.4 Å². The van der Waals surface area contributed by atoms with Crippen molar-refractivity contribution in [3.63, 3.8) is 0 Å². The molecule has 1 aromatic rings. The fraction of sp³-hybridized carbons (Fsp3) is 0.500. The van der Waals surface area contributed by atoms with Crippen LogP contribution >= 0.6 is 11.8 Å². The van der Waals surface area contributed by atoms with Crippen molar-refractivity contribution in [3.05, 3.63) is 35.4 Å². The van der Waals surface area contributed by atoms with Crippen molar-refractivity contribution in [1.29, 1.82) is 0 Å². The van der Waals surface area contributed by atoms with E-state index in [1.54, 1.807) is 6.21 Å². The molecule has 1 aliphatic heterocycles. The summed E-state index contributed by atoms with van der Waals surface area (Å²) in [6.07, 6.45) is 6.04. The van der Waals surface area contributed by atoms with Crippen LogP contribution in [0.2, 0.25) is 0 Å². The summed E-state index contributed by atoms with van der Waals surface area (Å²) in [7, 11) is 0. The zero-order valence-electron chi connectivity index (χ0n) is 14.1. The number of carbonyl (C=O) groups is 1. The Morgan fingerprint density at radius 1 is 1.26 bits per heavy atom. The predicted octanol–water partition coefficient (Wildman–Crippen LogP) is 4.31. The molecule has 23 heavy (non-hydrogen) atoms. The van der Waals surface area contributed by atoms with Gasteiger partial charge in [-0.25, -0.2) is 0 Å². The van der Waals surface area contributed by atoms with Crippen molar-refractivity contribution in [2.45, 2.75) is 57.6 Å². The molecule has 0 radical (unpaired) electrons. The highest BCUT2D eigenvalue weighted by Gasteiger charge is 2.29. The summed E-state index contributed by atoms with van der Waals surface area (Å²) in [6.45, 7) is 6.51. The maximum absolute atomic E-state index is 11.8. The molecule has 0 aliphatic carbocycles. The van der Waals surface area contributed by atoms with Crippen LogP contribution < -0.4 is 5.32 Å². The fourth-order valence-electron chi connectivity index (χ4n) is 2.34. The molecule has 4 nitrogen and oxygen atoms in total. The van der Waals surface area contributed by atoms with E-state index in [0.29, 0.717) is 11.1 Å². The molecule has 1 aromatic carbocycles. The molecule has 1 heterocycles. The van der Waals surface area contributed by atoms with Crippen LogP contribution in [-0.4, -0.2) is 22.5 Å². The maximum Gasteiger partial charge on any atom is 0.239 e. The molecule has 0 unspecified atom stereocenters. The molecule has 0 saturated carbocycles. The third kappa shape index (κ3) is 5.50. The minimum absolute atomic E-state index is 0.0131. The minimum Gasteiger partial charge on any atom is -0.303 e. The number of hydrogen-bond donors (Lipinski definition) is 1. The first-order valence-corrected chi connectivity index (χ1v) is 9.16. The van der Waals surface area contributed by atoms with E-state index < -0.39 is 0 Å². The van der Waals surface area contributed by atoms with E-state index in [2.05, 4.69) is 48.4 Å². The van der Waals surface area contributed by atoms with Crippen LogP contribution in [0.4, 0.5) is 0 Å². The molecule has 2 rings (SSSR count). The van der Waals surface area contributed by atoms with E-state index in [1.807, 2.05) is 12.1 Å². The summed E-state index contributed by atoms with van der Waals surface area (Å²) >= 11 is 1.49. The van der Waals surface area contributed by atoms with Crippen molar-refractivity contribution in [3.8, 4) is 0 Å². The summed E-state index contributed by atoms with van der Waals surface area (Å²) in [5.74, 6) is 0.581. The van der Waals surface area contributed by atoms with Gasteiger partial charge in [-0.05, 0) is 23.5 Å². The number of rotatable bonds is 7. The Bertz CT molecular complexity index is 578. The summed E-state index contributed by atoms with van der Waals surface area (Å²) in [6, 6.07) is 8.28. The number of nitrogens with one attached hydrogen (secondary N) is 1. The monoisotopic (exact) mass is 331 g/mol. The lowest BCUT2D eigenvalue weighted by Crippen LogP contribution is -2.24. The average molecular weight is 331 g/mol.